The summed E-state index contributed by atoms with van der Waals surface area (Å²) in [4.78, 5) is 23.9. The minimum Gasteiger partial charge on any atom is -0.334 e. The second-order valence-corrected chi connectivity index (χ2v) is 3.56. The van der Waals surface area contributed by atoms with E-state index >= 15 is 0 Å². The van der Waals surface area contributed by atoms with E-state index in [9.17, 15) is 9.59 Å². The van der Waals surface area contributed by atoms with Crippen LogP contribution < -0.4 is 5.73 Å². The molecule has 4 nitrogen and oxygen atoms in total. The van der Waals surface area contributed by atoms with E-state index in [0.717, 1.165) is 19.3 Å². The normalized spacial score (nSPS) is 24.3. The molecule has 0 spiro atoms. The van der Waals surface area contributed by atoms with E-state index in [4.69, 9.17) is 5.73 Å². The van der Waals surface area contributed by atoms with Crippen molar-refractivity contribution in [3.8, 4) is 0 Å². The molecule has 0 aromatic rings. The van der Waals surface area contributed by atoms with Crippen molar-refractivity contribution in [2.24, 2.45) is 5.73 Å². The van der Waals surface area contributed by atoms with Gasteiger partial charge in [-0.15, -0.1) is 0 Å². The SMILES string of the molecule is CC(=O)CN1CCCC[C@H](N)C1=O. The molecule has 0 aromatic heterocycles. The molecule has 1 amide bonds. The number of amides is 1. The molecule has 1 heterocycles. The number of rotatable bonds is 2. The van der Waals surface area contributed by atoms with Gasteiger partial charge < -0.3 is 10.6 Å². The summed E-state index contributed by atoms with van der Waals surface area (Å²) < 4.78 is 0. The van der Waals surface area contributed by atoms with Crippen LogP contribution >= 0.6 is 0 Å². The van der Waals surface area contributed by atoms with Crippen LogP contribution in [0.5, 0.6) is 0 Å². The molecule has 1 saturated heterocycles. The van der Waals surface area contributed by atoms with Crippen molar-refractivity contribution < 1.29 is 9.59 Å². The average molecular weight is 184 g/mol. The molecule has 1 aliphatic heterocycles. The second kappa shape index (κ2) is 4.37. The van der Waals surface area contributed by atoms with Crippen molar-refractivity contribution in [3.05, 3.63) is 0 Å². The first-order chi connectivity index (χ1) is 6.11. The molecule has 1 rings (SSSR count). The van der Waals surface area contributed by atoms with Crippen LogP contribution in [0.25, 0.3) is 0 Å². The van der Waals surface area contributed by atoms with Crippen LogP contribution in [-0.4, -0.2) is 35.7 Å². The lowest BCUT2D eigenvalue weighted by Gasteiger charge is -2.20. The zero-order chi connectivity index (χ0) is 9.84. The standard InChI is InChI=1S/C9H16N2O2/c1-7(12)6-11-5-3-2-4-8(10)9(11)13/h8H,2-6,10H2,1H3/t8-/m0/s1. The molecule has 1 atom stereocenters. The second-order valence-electron chi connectivity index (χ2n) is 3.56. The highest BCUT2D eigenvalue weighted by molar-refractivity contribution is 5.87. The van der Waals surface area contributed by atoms with Crippen molar-refractivity contribution in [2.75, 3.05) is 13.1 Å². The van der Waals surface area contributed by atoms with Crippen molar-refractivity contribution in [1.29, 1.82) is 0 Å². The topological polar surface area (TPSA) is 63.4 Å². The lowest BCUT2D eigenvalue weighted by molar-refractivity contribution is -0.135. The molecule has 4 heteroatoms. The third-order valence-electron chi connectivity index (χ3n) is 2.24. The molecule has 0 bridgehead atoms. The number of hydrogen-bond acceptors (Lipinski definition) is 3. The van der Waals surface area contributed by atoms with Gasteiger partial charge in [0.25, 0.3) is 0 Å². The van der Waals surface area contributed by atoms with Crippen molar-refractivity contribution in [1.82, 2.24) is 4.90 Å². The molecule has 2 N–H and O–H groups in total. The first-order valence-corrected chi connectivity index (χ1v) is 4.65. The number of carbonyl (C=O) groups is 2. The van der Waals surface area contributed by atoms with Gasteiger partial charge in [-0.2, -0.15) is 0 Å². The van der Waals surface area contributed by atoms with Crippen LogP contribution in [0.15, 0.2) is 0 Å². The van der Waals surface area contributed by atoms with Gasteiger partial charge in [0.2, 0.25) is 5.91 Å². The largest absolute Gasteiger partial charge is 0.334 e. The van der Waals surface area contributed by atoms with Crippen LogP contribution in [-0.2, 0) is 9.59 Å². The molecular formula is C9H16N2O2. The Bertz CT molecular complexity index is 216. The first-order valence-electron chi connectivity index (χ1n) is 4.65. The van der Waals surface area contributed by atoms with Crippen LogP contribution in [0, 0.1) is 0 Å². The van der Waals surface area contributed by atoms with Gasteiger partial charge in [-0.3, -0.25) is 9.59 Å². The minimum atomic E-state index is -0.401. The van der Waals surface area contributed by atoms with E-state index in [2.05, 4.69) is 0 Å². The number of carbonyl (C=O) groups excluding carboxylic acids is 2. The van der Waals surface area contributed by atoms with E-state index in [1.807, 2.05) is 0 Å². The Hall–Kier alpha value is -0.900. The summed E-state index contributed by atoms with van der Waals surface area (Å²) in [6.45, 7) is 2.38. The third kappa shape index (κ3) is 2.81. The van der Waals surface area contributed by atoms with E-state index in [1.165, 1.54) is 6.92 Å². The average Bonchev–Trinajstić information content (AvgIpc) is 2.19. The number of hydrogen-bond donors (Lipinski definition) is 1. The number of likely N-dealkylation sites (tertiary alicyclic amines) is 1. The highest BCUT2D eigenvalue weighted by Gasteiger charge is 2.24. The van der Waals surface area contributed by atoms with Gasteiger partial charge >= 0.3 is 0 Å². The zero-order valence-electron chi connectivity index (χ0n) is 7.95. The van der Waals surface area contributed by atoms with E-state index < -0.39 is 6.04 Å². The lowest BCUT2D eigenvalue weighted by Crippen LogP contribution is -2.44. The molecule has 74 valence electrons. The Morgan fingerprint density at radius 3 is 2.92 bits per heavy atom. The summed E-state index contributed by atoms with van der Waals surface area (Å²) in [5.74, 6) is -0.0600. The molecule has 0 unspecified atom stereocenters. The summed E-state index contributed by atoms with van der Waals surface area (Å²) in [7, 11) is 0. The van der Waals surface area contributed by atoms with E-state index in [-0.39, 0.29) is 18.2 Å². The van der Waals surface area contributed by atoms with Gasteiger partial charge in [0.05, 0.1) is 12.6 Å². The van der Waals surface area contributed by atoms with E-state index in [0.29, 0.717) is 6.54 Å². The van der Waals surface area contributed by atoms with Gasteiger partial charge in [0.15, 0.2) is 0 Å². The summed E-state index contributed by atoms with van der Waals surface area (Å²) in [5, 5.41) is 0. The summed E-state index contributed by atoms with van der Waals surface area (Å²) in [5.41, 5.74) is 5.64. The first kappa shape index (κ1) is 10.2. The molecule has 1 aliphatic rings. The van der Waals surface area contributed by atoms with Crippen molar-refractivity contribution in [3.63, 3.8) is 0 Å². The monoisotopic (exact) mass is 184 g/mol. The number of Topliss-reactive ketones (excluding diaryl/α,β-unsaturated/α-hetero) is 1. The smallest absolute Gasteiger partial charge is 0.239 e. The number of nitrogens with zero attached hydrogens (tertiary/aromatic N) is 1. The molecular weight excluding hydrogens is 168 g/mol. The Balaban J connectivity index is 2.59. The van der Waals surface area contributed by atoms with Crippen LogP contribution in [0.3, 0.4) is 0 Å². The number of ketones is 1. The fraction of sp³-hybridized carbons (Fsp3) is 0.778. The highest BCUT2D eigenvalue weighted by Crippen LogP contribution is 2.10. The Kier molecular flexibility index (Phi) is 3.42. The Labute approximate surface area is 78.1 Å². The molecule has 0 aliphatic carbocycles. The molecule has 0 saturated carbocycles. The molecule has 13 heavy (non-hydrogen) atoms. The maximum atomic E-state index is 11.5. The highest BCUT2D eigenvalue weighted by atomic mass is 16.2. The van der Waals surface area contributed by atoms with Crippen molar-refractivity contribution >= 4 is 11.7 Å². The maximum absolute atomic E-state index is 11.5. The van der Waals surface area contributed by atoms with Crippen LogP contribution in [0.4, 0.5) is 0 Å². The third-order valence-corrected chi connectivity index (χ3v) is 2.24. The Morgan fingerprint density at radius 1 is 1.62 bits per heavy atom. The Morgan fingerprint density at radius 2 is 2.31 bits per heavy atom. The predicted octanol–water partition coefficient (Wildman–Crippen LogP) is -0.0848. The summed E-state index contributed by atoms with van der Waals surface area (Å²) in [6, 6.07) is -0.401. The quantitative estimate of drug-likeness (QED) is 0.652. The molecule has 0 radical (unpaired) electrons. The fourth-order valence-electron chi connectivity index (χ4n) is 1.56. The minimum absolute atomic E-state index is 0.0162. The van der Waals surface area contributed by atoms with Crippen LogP contribution in [0.2, 0.25) is 0 Å². The van der Waals surface area contributed by atoms with Gasteiger partial charge in [0, 0.05) is 6.54 Å². The lowest BCUT2D eigenvalue weighted by atomic mass is 10.1. The maximum Gasteiger partial charge on any atom is 0.239 e. The molecule has 0 aromatic carbocycles. The number of nitrogens with two attached hydrogens (primary N) is 1. The van der Waals surface area contributed by atoms with Crippen LogP contribution in [0.1, 0.15) is 26.2 Å². The molecule has 1 fully saturated rings. The summed E-state index contributed by atoms with van der Waals surface area (Å²) in [6.07, 6.45) is 2.67. The van der Waals surface area contributed by atoms with Gasteiger partial charge in [-0.25, -0.2) is 0 Å². The van der Waals surface area contributed by atoms with Gasteiger partial charge in [-0.05, 0) is 26.2 Å². The zero-order valence-corrected chi connectivity index (χ0v) is 7.95. The fourth-order valence-corrected chi connectivity index (χ4v) is 1.56. The van der Waals surface area contributed by atoms with Gasteiger partial charge in [0.1, 0.15) is 5.78 Å². The van der Waals surface area contributed by atoms with E-state index in [1.54, 1.807) is 4.90 Å². The van der Waals surface area contributed by atoms with Crippen molar-refractivity contribution in [2.45, 2.75) is 32.2 Å². The van der Waals surface area contributed by atoms with Gasteiger partial charge in [-0.1, -0.05) is 0 Å². The summed E-state index contributed by atoms with van der Waals surface area (Å²) >= 11 is 0. The predicted molar refractivity (Wildman–Crippen MR) is 49.1 cm³/mol.